The fourth-order valence-corrected chi connectivity index (χ4v) is 2.79. The second-order valence-corrected chi connectivity index (χ2v) is 5.18. The van der Waals surface area contributed by atoms with Crippen LogP contribution in [0, 0.1) is 17.0 Å². The lowest BCUT2D eigenvalue weighted by molar-refractivity contribution is -0.385. The van der Waals surface area contributed by atoms with E-state index in [0.717, 1.165) is 16.1 Å². The number of nitrogens with two attached hydrogens (primary N) is 1. The Morgan fingerprint density at radius 1 is 1.21 bits per heavy atom. The summed E-state index contributed by atoms with van der Waals surface area (Å²) in [4.78, 5) is 11.5. The van der Waals surface area contributed by atoms with E-state index in [1.807, 2.05) is 31.2 Å². The van der Waals surface area contributed by atoms with Crippen LogP contribution in [-0.2, 0) is 5.75 Å². The maximum atomic E-state index is 10.9. The van der Waals surface area contributed by atoms with Crippen molar-refractivity contribution >= 4 is 23.1 Å². The van der Waals surface area contributed by atoms with E-state index in [0.29, 0.717) is 11.3 Å². The molecule has 0 fully saturated rings. The van der Waals surface area contributed by atoms with Crippen molar-refractivity contribution in [2.24, 2.45) is 0 Å². The topological polar surface area (TPSA) is 69.2 Å². The average Bonchev–Trinajstić information content (AvgIpc) is 2.40. The number of nitro benzene ring substituents is 1. The summed E-state index contributed by atoms with van der Waals surface area (Å²) in [6.07, 6.45) is 0. The lowest BCUT2D eigenvalue weighted by Gasteiger charge is -2.08. The lowest BCUT2D eigenvalue weighted by atomic mass is 10.2. The summed E-state index contributed by atoms with van der Waals surface area (Å²) in [5, 5.41) is 10.9. The van der Waals surface area contributed by atoms with Gasteiger partial charge in [-0.3, -0.25) is 10.1 Å². The maximum absolute atomic E-state index is 10.9. The molecule has 0 saturated heterocycles. The molecule has 0 amide bonds. The van der Waals surface area contributed by atoms with E-state index in [-0.39, 0.29) is 10.6 Å². The standard InChI is InChI=1S/C14H14N2O2S/c1-10-5-4-8-13(14(10)15)19-9-11-6-2-3-7-12(11)16(17)18/h2-8H,9,15H2,1H3. The van der Waals surface area contributed by atoms with Gasteiger partial charge in [0.15, 0.2) is 0 Å². The van der Waals surface area contributed by atoms with Crippen molar-refractivity contribution in [2.75, 3.05) is 5.73 Å². The number of hydrogen-bond acceptors (Lipinski definition) is 4. The third-order valence-electron chi connectivity index (χ3n) is 2.86. The van der Waals surface area contributed by atoms with E-state index in [1.54, 1.807) is 12.1 Å². The van der Waals surface area contributed by atoms with Crippen LogP contribution in [-0.4, -0.2) is 4.92 Å². The molecule has 2 rings (SSSR count). The van der Waals surface area contributed by atoms with Crippen molar-refractivity contribution in [3.8, 4) is 0 Å². The van der Waals surface area contributed by atoms with Gasteiger partial charge in [0.05, 0.1) is 4.92 Å². The number of nitrogen functional groups attached to an aromatic ring is 1. The fourth-order valence-electron chi connectivity index (χ4n) is 1.75. The summed E-state index contributed by atoms with van der Waals surface area (Å²) in [6.45, 7) is 1.95. The fraction of sp³-hybridized carbons (Fsp3) is 0.143. The molecule has 0 spiro atoms. The summed E-state index contributed by atoms with van der Waals surface area (Å²) in [5.41, 5.74) is 8.61. The summed E-state index contributed by atoms with van der Waals surface area (Å²) < 4.78 is 0. The molecule has 0 aliphatic rings. The summed E-state index contributed by atoms with van der Waals surface area (Å²) in [7, 11) is 0. The molecule has 0 aliphatic carbocycles. The van der Waals surface area contributed by atoms with Gasteiger partial charge in [-0.2, -0.15) is 0 Å². The molecular weight excluding hydrogens is 260 g/mol. The van der Waals surface area contributed by atoms with Crippen LogP contribution in [0.3, 0.4) is 0 Å². The molecule has 2 N–H and O–H groups in total. The largest absolute Gasteiger partial charge is 0.398 e. The average molecular weight is 274 g/mol. The SMILES string of the molecule is Cc1cccc(SCc2ccccc2[N+](=O)[O-])c1N. The van der Waals surface area contributed by atoms with Crippen LogP contribution >= 0.6 is 11.8 Å². The normalized spacial score (nSPS) is 10.4. The van der Waals surface area contributed by atoms with Gasteiger partial charge < -0.3 is 5.73 Å². The molecule has 0 radical (unpaired) electrons. The Morgan fingerprint density at radius 3 is 2.68 bits per heavy atom. The molecule has 0 aliphatic heterocycles. The summed E-state index contributed by atoms with van der Waals surface area (Å²) >= 11 is 1.52. The third kappa shape index (κ3) is 3.06. The number of thioether (sulfide) groups is 1. The molecule has 2 aromatic carbocycles. The van der Waals surface area contributed by atoms with Gasteiger partial charge in [0.25, 0.3) is 5.69 Å². The minimum Gasteiger partial charge on any atom is -0.398 e. The van der Waals surface area contributed by atoms with E-state index >= 15 is 0 Å². The molecule has 2 aromatic rings. The van der Waals surface area contributed by atoms with Crippen LogP contribution < -0.4 is 5.73 Å². The van der Waals surface area contributed by atoms with Crippen molar-refractivity contribution in [1.82, 2.24) is 0 Å². The first-order valence-electron chi connectivity index (χ1n) is 5.80. The van der Waals surface area contributed by atoms with Crippen LogP contribution in [0.4, 0.5) is 11.4 Å². The van der Waals surface area contributed by atoms with Gasteiger partial charge >= 0.3 is 0 Å². The number of aryl methyl sites for hydroxylation is 1. The lowest BCUT2D eigenvalue weighted by Crippen LogP contribution is -1.95. The monoisotopic (exact) mass is 274 g/mol. The van der Waals surface area contributed by atoms with E-state index in [1.165, 1.54) is 17.8 Å². The number of para-hydroxylation sites is 2. The highest BCUT2D eigenvalue weighted by molar-refractivity contribution is 7.98. The smallest absolute Gasteiger partial charge is 0.273 e. The molecule has 0 atom stereocenters. The van der Waals surface area contributed by atoms with Crippen molar-refractivity contribution in [3.63, 3.8) is 0 Å². The maximum Gasteiger partial charge on any atom is 0.273 e. The van der Waals surface area contributed by atoms with E-state index in [9.17, 15) is 10.1 Å². The molecular formula is C14H14N2O2S. The summed E-state index contributed by atoms with van der Waals surface area (Å²) in [5.74, 6) is 0.533. The molecule has 0 aromatic heterocycles. The Balaban J connectivity index is 2.19. The van der Waals surface area contributed by atoms with Crippen LogP contribution in [0.25, 0.3) is 0 Å². The molecule has 19 heavy (non-hydrogen) atoms. The first kappa shape index (κ1) is 13.4. The minimum absolute atomic E-state index is 0.154. The molecule has 0 bridgehead atoms. The number of benzene rings is 2. The number of nitro groups is 1. The highest BCUT2D eigenvalue weighted by Gasteiger charge is 2.13. The van der Waals surface area contributed by atoms with Gasteiger partial charge in [-0.05, 0) is 18.6 Å². The molecule has 5 heteroatoms. The number of rotatable bonds is 4. The Morgan fingerprint density at radius 2 is 1.95 bits per heavy atom. The summed E-state index contributed by atoms with van der Waals surface area (Å²) in [6, 6.07) is 12.6. The van der Waals surface area contributed by atoms with Crippen molar-refractivity contribution in [2.45, 2.75) is 17.6 Å². The zero-order valence-electron chi connectivity index (χ0n) is 10.5. The first-order chi connectivity index (χ1) is 9.09. The van der Waals surface area contributed by atoms with E-state index in [2.05, 4.69) is 0 Å². The Kier molecular flexibility index (Phi) is 4.06. The quantitative estimate of drug-likeness (QED) is 0.399. The Labute approximate surface area is 115 Å². The molecule has 0 heterocycles. The predicted molar refractivity (Wildman–Crippen MR) is 78.2 cm³/mol. The molecule has 98 valence electrons. The number of hydrogen-bond donors (Lipinski definition) is 1. The van der Waals surface area contributed by atoms with Crippen LogP contribution in [0.2, 0.25) is 0 Å². The number of nitrogens with zero attached hydrogens (tertiary/aromatic N) is 1. The molecule has 0 unspecified atom stereocenters. The van der Waals surface area contributed by atoms with Crippen LogP contribution in [0.5, 0.6) is 0 Å². The van der Waals surface area contributed by atoms with Crippen molar-refractivity contribution in [3.05, 3.63) is 63.7 Å². The molecule has 0 saturated carbocycles. The van der Waals surface area contributed by atoms with Gasteiger partial charge in [0, 0.05) is 28.0 Å². The Bertz CT molecular complexity index is 614. The highest BCUT2D eigenvalue weighted by Crippen LogP contribution is 2.32. The second kappa shape index (κ2) is 5.75. The second-order valence-electron chi connectivity index (χ2n) is 4.16. The van der Waals surface area contributed by atoms with Gasteiger partial charge in [-0.25, -0.2) is 0 Å². The van der Waals surface area contributed by atoms with Gasteiger partial charge in [-0.15, -0.1) is 11.8 Å². The zero-order valence-corrected chi connectivity index (χ0v) is 11.3. The highest BCUT2D eigenvalue weighted by atomic mass is 32.2. The first-order valence-corrected chi connectivity index (χ1v) is 6.78. The third-order valence-corrected chi connectivity index (χ3v) is 3.98. The van der Waals surface area contributed by atoms with E-state index < -0.39 is 0 Å². The zero-order chi connectivity index (χ0) is 13.8. The molecule has 4 nitrogen and oxygen atoms in total. The Hall–Kier alpha value is -2.01. The number of anilines is 1. The predicted octanol–water partition coefficient (Wildman–Crippen LogP) is 3.78. The van der Waals surface area contributed by atoms with Crippen LogP contribution in [0.1, 0.15) is 11.1 Å². The minimum atomic E-state index is -0.352. The van der Waals surface area contributed by atoms with Gasteiger partial charge in [-0.1, -0.05) is 30.3 Å². The van der Waals surface area contributed by atoms with Crippen LogP contribution in [0.15, 0.2) is 47.4 Å². The van der Waals surface area contributed by atoms with Gasteiger partial charge in [0.1, 0.15) is 0 Å². The van der Waals surface area contributed by atoms with Crippen molar-refractivity contribution in [1.29, 1.82) is 0 Å². The van der Waals surface area contributed by atoms with Crippen molar-refractivity contribution < 1.29 is 4.92 Å². The van der Waals surface area contributed by atoms with Gasteiger partial charge in [0.2, 0.25) is 0 Å². The van der Waals surface area contributed by atoms with E-state index in [4.69, 9.17) is 5.73 Å².